The first kappa shape index (κ1) is 20.2. The van der Waals surface area contributed by atoms with Crippen LogP contribution in [-0.4, -0.2) is 69.9 Å². The molecule has 0 aliphatic carbocycles. The van der Waals surface area contributed by atoms with Gasteiger partial charge in [0.2, 0.25) is 0 Å². The summed E-state index contributed by atoms with van der Waals surface area (Å²) in [6, 6.07) is 1.89. The highest BCUT2D eigenvalue weighted by molar-refractivity contribution is 6.09. The Kier molecular flexibility index (Phi) is 5.12. The first-order valence-electron chi connectivity index (χ1n) is 9.55. The fraction of sp³-hybridized carbons (Fsp3) is 0.474. The predicted octanol–water partition coefficient (Wildman–Crippen LogP) is 3.41. The fourth-order valence-corrected chi connectivity index (χ4v) is 3.71. The van der Waals surface area contributed by atoms with Crippen LogP contribution < -0.4 is 4.90 Å². The molecule has 0 bridgehead atoms. The van der Waals surface area contributed by atoms with E-state index < -0.39 is 24.9 Å². The number of pyridine rings is 1. The van der Waals surface area contributed by atoms with Gasteiger partial charge in [-0.15, -0.1) is 0 Å². The lowest BCUT2D eigenvalue weighted by atomic mass is 10.1. The zero-order valence-electron chi connectivity index (χ0n) is 16.5. The number of carbonyl (C=O) groups excluding carboxylic acids is 1. The quantitative estimate of drug-likeness (QED) is 0.696. The Morgan fingerprint density at radius 2 is 2.07 bits per heavy atom. The highest BCUT2D eigenvalue weighted by Gasteiger charge is 2.33. The Labute approximate surface area is 170 Å². The molecule has 3 aromatic heterocycles. The number of H-pyrrole nitrogens is 1. The molecule has 0 unspecified atom stereocenters. The molecule has 0 aromatic carbocycles. The maximum Gasteiger partial charge on any atom is 0.410 e. The molecule has 4 rings (SSSR count). The third-order valence-electron chi connectivity index (χ3n) is 5.08. The SMILES string of the molecule is Cc1nc(N2CCC(OC(=O)N(C)CC(F)(F)F)CC2)c2c(cnc3nccc32)[nH]1. The van der Waals surface area contributed by atoms with Gasteiger partial charge in [-0.05, 0) is 13.0 Å². The van der Waals surface area contributed by atoms with Crippen molar-refractivity contribution in [1.82, 2.24) is 24.8 Å². The van der Waals surface area contributed by atoms with Crippen molar-refractivity contribution < 1.29 is 22.7 Å². The first-order valence-corrected chi connectivity index (χ1v) is 9.55. The van der Waals surface area contributed by atoms with Crippen LogP contribution in [0.1, 0.15) is 18.7 Å². The minimum atomic E-state index is -4.46. The monoisotopic (exact) mass is 422 g/mol. The molecule has 0 spiro atoms. The van der Waals surface area contributed by atoms with Crippen molar-refractivity contribution in [3.05, 3.63) is 24.3 Å². The molecule has 11 heteroatoms. The van der Waals surface area contributed by atoms with Gasteiger partial charge in [0.25, 0.3) is 0 Å². The lowest BCUT2D eigenvalue weighted by Gasteiger charge is -2.34. The highest BCUT2D eigenvalue weighted by Crippen LogP contribution is 2.32. The van der Waals surface area contributed by atoms with Crippen LogP contribution in [0.2, 0.25) is 0 Å². The first-order chi connectivity index (χ1) is 14.2. The van der Waals surface area contributed by atoms with Gasteiger partial charge < -0.3 is 19.5 Å². The summed E-state index contributed by atoms with van der Waals surface area (Å²) in [5.41, 5.74) is 1.49. The number of halogens is 3. The number of fused-ring (bicyclic) bond motifs is 3. The van der Waals surface area contributed by atoms with Gasteiger partial charge in [-0.25, -0.2) is 19.7 Å². The number of aromatic amines is 1. The van der Waals surface area contributed by atoms with Crippen molar-refractivity contribution in [3.8, 4) is 0 Å². The third kappa shape index (κ3) is 4.10. The van der Waals surface area contributed by atoms with E-state index in [0.29, 0.717) is 36.5 Å². The van der Waals surface area contributed by atoms with E-state index in [1.54, 1.807) is 12.4 Å². The number of anilines is 1. The average Bonchev–Trinajstić information content (AvgIpc) is 3.15. The Bertz CT molecular complexity index is 1080. The van der Waals surface area contributed by atoms with Gasteiger partial charge in [-0.2, -0.15) is 13.2 Å². The molecule has 1 aliphatic heterocycles. The van der Waals surface area contributed by atoms with Crippen LogP contribution >= 0.6 is 0 Å². The van der Waals surface area contributed by atoms with Crippen molar-refractivity contribution >= 4 is 33.8 Å². The fourth-order valence-electron chi connectivity index (χ4n) is 3.71. The normalized spacial score (nSPS) is 15.7. The number of carbonyl (C=O) groups is 1. The predicted molar refractivity (Wildman–Crippen MR) is 104 cm³/mol. The number of hydrogen-bond acceptors (Lipinski definition) is 6. The summed E-state index contributed by atoms with van der Waals surface area (Å²) in [6.45, 7) is 1.65. The highest BCUT2D eigenvalue weighted by atomic mass is 19.4. The van der Waals surface area contributed by atoms with Crippen molar-refractivity contribution in [2.24, 2.45) is 0 Å². The van der Waals surface area contributed by atoms with Crippen LogP contribution in [-0.2, 0) is 4.74 Å². The molecule has 1 fully saturated rings. The number of ether oxygens (including phenoxy) is 1. The van der Waals surface area contributed by atoms with Crippen molar-refractivity contribution in [1.29, 1.82) is 0 Å². The molecule has 0 atom stereocenters. The van der Waals surface area contributed by atoms with Crippen LogP contribution in [0, 0.1) is 6.92 Å². The smallest absolute Gasteiger partial charge is 0.410 e. The Hall–Kier alpha value is -3.11. The average molecular weight is 422 g/mol. The van der Waals surface area contributed by atoms with Crippen LogP contribution in [0.4, 0.5) is 23.8 Å². The summed E-state index contributed by atoms with van der Waals surface area (Å²) < 4.78 is 42.6. The van der Waals surface area contributed by atoms with Gasteiger partial charge in [-0.3, -0.25) is 0 Å². The third-order valence-corrected chi connectivity index (χ3v) is 5.08. The lowest BCUT2D eigenvalue weighted by molar-refractivity contribution is -0.141. The molecule has 160 valence electrons. The maximum absolute atomic E-state index is 12.5. The number of aryl methyl sites for hydroxylation is 1. The molecule has 0 radical (unpaired) electrons. The molecule has 4 heterocycles. The van der Waals surface area contributed by atoms with E-state index >= 15 is 0 Å². The second kappa shape index (κ2) is 7.62. The van der Waals surface area contributed by atoms with Crippen molar-refractivity contribution in [2.75, 3.05) is 31.6 Å². The minimum absolute atomic E-state index is 0.436. The molecule has 0 saturated carbocycles. The number of nitrogens with one attached hydrogen (secondary N) is 1. The number of hydrogen-bond donors (Lipinski definition) is 1. The zero-order chi connectivity index (χ0) is 21.5. The van der Waals surface area contributed by atoms with E-state index in [9.17, 15) is 18.0 Å². The number of alkyl halides is 3. The summed E-state index contributed by atoms with van der Waals surface area (Å²) in [5.74, 6) is 1.53. The van der Waals surface area contributed by atoms with E-state index in [1.807, 2.05) is 13.0 Å². The number of rotatable bonds is 3. The number of nitrogens with zero attached hydrogens (tertiary/aromatic N) is 5. The molecule has 3 aromatic rings. The van der Waals surface area contributed by atoms with Gasteiger partial charge in [-0.1, -0.05) is 0 Å². The molecule has 1 saturated heterocycles. The van der Waals surface area contributed by atoms with Gasteiger partial charge in [0.1, 0.15) is 24.3 Å². The largest absolute Gasteiger partial charge is 0.446 e. The molecular weight excluding hydrogens is 401 g/mol. The topological polar surface area (TPSA) is 87.2 Å². The van der Waals surface area contributed by atoms with Crippen LogP contribution in [0.5, 0.6) is 0 Å². The van der Waals surface area contributed by atoms with Gasteiger partial charge in [0.05, 0.1) is 17.1 Å². The summed E-state index contributed by atoms with van der Waals surface area (Å²) >= 11 is 0. The summed E-state index contributed by atoms with van der Waals surface area (Å²) in [5, 5.41) is 1.82. The van der Waals surface area contributed by atoms with Crippen molar-refractivity contribution in [3.63, 3.8) is 0 Å². The summed E-state index contributed by atoms with van der Waals surface area (Å²) in [6.07, 6.45) is -1.43. The Morgan fingerprint density at radius 3 is 2.77 bits per heavy atom. The molecule has 1 amide bonds. The maximum atomic E-state index is 12.5. The van der Waals surface area contributed by atoms with Crippen LogP contribution in [0.3, 0.4) is 0 Å². The van der Waals surface area contributed by atoms with Gasteiger partial charge in [0, 0.05) is 44.6 Å². The molecule has 8 nitrogen and oxygen atoms in total. The molecule has 30 heavy (non-hydrogen) atoms. The second-order valence-corrected chi connectivity index (χ2v) is 7.42. The number of amides is 1. The van der Waals surface area contributed by atoms with Crippen LogP contribution in [0.15, 0.2) is 18.5 Å². The zero-order valence-corrected chi connectivity index (χ0v) is 16.5. The van der Waals surface area contributed by atoms with E-state index in [4.69, 9.17) is 4.74 Å². The van der Waals surface area contributed by atoms with Gasteiger partial charge in [0.15, 0.2) is 5.65 Å². The Balaban J connectivity index is 1.49. The van der Waals surface area contributed by atoms with E-state index in [2.05, 4.69) is 24.8 Å². The molecule has 1 N–H and O–H groups in total. The number of aromatic nitrogens is 4. The standard InChI is InChI=1S/C19H21F3N6O2/c1-11-25-14-9-24-16-13(3-6-23-16)15(14)17(26-11)28-7-4-12(5-8-28)30-18(29)27(2)10-19(20,21)22/h3,6,9,12H,4-5,7-8,10H2,1-2H3,(H,25,26). The summed E-state index contributed by atoms with van der Waals surface area (Å²) in [7, 11) is 1.08. The number of piperidine rings is 1. The Morgan fingerprint density at radius 1 is 1.33 bits per heavy atom. The van der Waals surface area contributed by atoms with E-state index in [1.165, 1.54) is 0 Å². The van der Waals surface area contributed by atoms with Gasteiger partial charge >= 0.3 is 12.3 Å². The second-order valence-electron chi connectivity index (χ2n) is 7.42. The molecule has 1 aliphatic rings. The minimum Gasteiger partial charge on any atom is -0.446 e. The van der Waals surface area contributed by atoms with Crippen LogP contribution in [0.25, 0.3) is 21.9 Å². The van der Waals surface area contributed by atoms with E-state index in [-0.39, 0.29) is 0 Å². The van der Waals surface area contributed by atoms with E-state index in [0.717, 1.165) is 35.0 Å². The van der Waals surface area contributed by atoms with Crippen molar-refractivity contribution in [2.45, 2.75) is 32.0 Å². The lowest BCUT2D eigenvalue weighted by Crippen LogP contribution is -2.42. The summed E-state index contributed by atoms with van der Waals surface area (Å²) in [4.78, 5) is 31.1. The molecular formula is C19H21F3N6O2.